The molecule has 5 nitrogen and oxygen atoms in total. The first kappa shape index (κ1) is 16.1. The molecule has 0 spiro atoms. The van der Waals surface area contributed by atoms with Crippen LogP contribution < -0.4 is 10.5 Å². The monoisotopic (exact) mass is 325 g/mol. The summed E-state index contributed by atoms with van der Waals surface area (Å²) in [4.78, 5) is 4.33. The summed E-state index contributed by atoms with van der Waals surface area (Å²) in [5.41, 5.74) is 6.79. The molecule has 2 rings (SSSR count). The van der Waals surface area contributed by atoms with Crippen molar-refractivity contribution in [1.29, 1.82) is 0 Å². The van der Waals surface area contributed by atoms with E-state index in [0.29, 0.717) is 23.1 Å². The number of anilines is 1. The second kappa shape index (κ2) is 5.82. The Bertz CT molecular complexity index is 758. The van der Waals surface area contributed by atoms with Crippen molar-refractivity contribution in [1.82, 2.24) is 9.71 Å². The minimum absolute atomic E-state index is 0.157. The molecule has 0 bridgehead atoms. The van der Waals surface area contributed by atoms with Crippen LogP contribution in [0.25, 0.3) is 10.9 Å². The standard InChI is InChI=1S/C14H19N3O2S2/c1-14(2,20-3)9-17-21(18,19)12-7-6-11(15)10-5-4-8-16-13(10)12/h4-8,17H,9,15H2,1-3H3. The normalized spacial score (nSPS) is 12.7. The van der Waals surface area contributed by atoms with E-state index in [4.69, 9.17) is 5.73 Å². The van der Waals surface area contributed by atoms with Gasteiger partial charge in [-0.2, -0.15) is 11.8 Å². The first-order chi connectivity index (χ1) is 9.77. The molecule has 21 heavy (non-hydrogen) atoms. The predicted octanol–water partition coefficient (Wildman–Crippen LogP) is 2.24. The Labute approximate surface area is 129 Å². The number of benzene rings is 1. The van der Waals surface area contributed by atoms with Crippen molar-refractivity contribution >= 4 is 38.4 Å². The van der Waals surface area contributed by atoms with Crippen LogP contribution in [0.1, 0.15) is 13.8 Å². The number of sulfonamides is 1. The fourth-order valence-corrected chi connectivity index (χ4v) is 3.48. The van der Waals surface area contributed by atoms with E-state index in [0.717, 1.165) is 0 Å². The minimum Gasteiger partial charge on any atom is -0.398 e. The van der Waals surface area contributed by atoms with Crippen molar-refractivity contribution in [3.63, 3.8) is 0 Å². The minimum atomic E-state index is -3.63. The fourth-order valence-electron chi connectivity index (χ4n) is 1.80. The summed E-state index contributed by atoms with van der Waals surface area (Å²) in [5.74, 6) is 0. The van der Waals surface area contributed by atoms with E-state index in [1.807, 2.05) is 20.1 Å². The van der Waals surface area contributed by atoms with Gasteiger partial charge in [-0.25, -0.2) is 13.1 Å². The number of hydrogen-bond acceptors (Lipinski definition) is 5. The van der Waals surface area contributed by atoms with Crippen molar-refractivity contribution < 1.29 is 8.42 Å². The smallest absolute Gasteiger partial charge is 0.242 e. The molecule has 0 aliphatic carbocycles. The summed E-state index contributed by atoms with van der Waals surface area (Å²) < 4.78 is 27.5. The second-order valence-electron chi connectivity index (χ2n) is 5.34. The molecule has 0 unspecified atom stereocenters. The van der Waals surface area contributed by atoms with E-state index in [-0.39, 0.29) is 9.64 Å². The van der Waals surface area contributed by atoms with Crippen LogP contribution in [0, 0.1) is 0 Å². The first-order valence-corrected chi connectivity index (χ1v) is 9.16. The van der Waals surface area contributed by atoms with Crippen LogP contribution in [0.15, 0.2) is 35.4 Å². The van der Waals surface area contributed by atoms with Gasteiger partial charge in [0.15, 0.2) is 0 Å². The molecular formula is C14H19N3O2S2. The van der Waals surface area contributed by atoms with Gasteiger partial charge in [0.2, 0.25) is 10.0 Å². The molecule has 1 aromatic carbocycles. The van der Waals surface area contributed by atoms with Gasteiger partial charge in [-0.05, 0) is 44.4 Å². The lowest BCUT2D eigenvalue weighted by molar-refractivity contribution is 0.571. The highest BCUT2D eigenvalue weighted by molar-refractivity contribution is 8.00. The van der Waals surface area contributed by atoms with Crippen LogP contribution in [0.2, 0.25) is 0 Å². The topological polar surface area (TPSA) is 85.1 Å². The van der Waals surface area contributed by atoms with E-state index >= 15 is 0 Å². The van der Waals surface area contributed by atoms with E-state index in [1.165, 1.54) is 6.07 Å². The van der Waals surface area contributed by atoms with Gasteiger partial charge in [0.05, 0.1) is 5.52 Å². The molecule has 0 fully saturated rings. The third-order valence-corrected chi connectivity index (χ3v) is 5.98. The van der Waals surface area contributed by atoms with E-state index in [2.05, 4.69) is 9.71 Å². The Kier molecular flexibility index (Phi) is 4.46. The van der Waals surface area contributed by atoms with Crippen LogP contribution in [0.3, 0.4) is 0 Å². The number of nitrogens with one attached hydrogen (secondary N) is 1. The molecule has 0 amide bonds. The van der Waals surface area contributed by atoms with Crippen molar-refractivity contribution in [2.45, 2.75) is 23.5 Å². The lowest BCUT2D eigenvalue weighted by Crippen LogP contribution is -2.36. The van der Waals surface area contributed by atoms with Gasteiger partial charge in [-0.15, -0.1) is 0 Å². The molecule has 7 heteroatoms. The molecule has 2 aromatic rings. The predicted molar refractivity (Wildman–Crippen MR) is 88.9 cm³/mol. The van der Waals surface area contributed by atoms with Crippen LogP contribution >= 0.6 is 11.8 Å². The Balaban J connectivity index is 2.44. The number of rotatable bonds is 5. The highest BCUT2D eigenvalue weighted by Gasteiger charge is 2.23. The summed E-state index contributed by atoms with van der Waals surface area (Å²) in [6.45, 7) is 4.31. The van der Waals surface area contributed by atoms with E-state index in [1.54, 1.807) is 36.2 Å². The van der Waals surface area contributed by atoms with Crippen LogP contribution in [0.4, 0.5) is 5.69 Å². The number of thioether (sulfide) groups is 1. The Morgan fingerprint density at radius 3 is 2.71 bits per heavy atom. The lowest BCUT2D eigenvalue weighted by Gasteiger charge is -2.22. The Morgan fingerprint density at radius 1 is 1.33 bits per heavy atom. The third kappa shape index (κ3) is 3.48. The third-order valence-electron chi connectivity index (χ3n) is 3.30. The van der Waals surface area contributed by atoms with Crippen molar-refractivity contribution in [2.24, 2.45) is 0 Å². The first-order valence-electron chi connectivity index (χ1n) is 6.45. The molecule has 0 aliphatic rings. The van der Waals surface area contributed by atoms with Crippen molar-refractivity contribution in [3.05, 3.63) is 30.5 Å². The van der Waals surface area contributed by atoms with Gasteiger partial charge in [-0.3, -0.25) is 4.98 Å². The zero-order valence-electron chi connectivity index (χ0n) is 12.3. The van der Waals surface area contributed by atoms with Gasteiger partial charge in [0.25, 0.3) is 0 Å². The van der Waals surface area contributed by atoms with Gasteiger partial charge < -0.3 is 5.73 Å². The average molecular weight is 325 g/mol. The second-order valence-corrected chi connectivity index (χ2v) is 8.59. The summed E-state index contributed by atoms with van der Waals surface area (Å²) in [5, 5.41) is 0.643. The molecule has 0 saturated heterocycles. The summed E-state index contributed by atoms with van der Waals surface area (Å²) >= 11 is 1.61. The maximum absolute atomic E-state index is 12.5. The zero-order chi connectivity index (χ0) is 15.7. The SMILES string of the molecule is CSC(C)(C)CNS(=O)(=O)c1ccc(N)c2cccnc12. The summed E-state index contributed by atoms with van der Waals surface area (Å²) in [6.07, 6.45) is 3.51. The molecule has 0 atom stereocenters. The molecule has 3 N–H and O–H groups in total. The summed E-state index contributed by atoms with van der Waals surface area (Å²) in [6, 6.07) is 6.60. The number of fused-ring (bicyclic) bond motifs is 1. The number of nitrogens with two attached hydrogens (primary N) is 1. The van der Waals surface area contributed by atoms with Gasteiger partial charge >= 0.3 is 0 Å². The van der Waals surface area contributed by atoms with Crippen molar-refractivity contribution in [2.75, 3.05) is 18.5 Å². The van der Waals surface area contributed by atoms with Crippen LogP contribution in [-0.4, -0.2) is 30.9 Å². The molecule has 114 valence electrons. The van der Waals surface area contributed by atoms with E-state index in [9.17, 15) is 8.42 Å². The summed E-state index contributed by atoms with van der Waals surface area (Å²) in [7, 11) is -3.63. The molecule has 0 radical (unpaired) electrons. The average Bonchev–Trinajstić information content (AvgIpc) is 2.46. The number of hydrogen-bond donors (Lipinski definition) is 2. The van der Waals surface area contributed by atoms with Gasteiger partial charge in [0.1, 0.15) is 4.90 Å². The molecule has 0 saturated carbocycles. The number of nitrogen functional groups attached to an aromatic ring is 1. The van der Waals surface area contributed by atoms with Crippen LogP contribution in [-0.2, 0) is 10.0 Å². The number of nitrogens with zero attached hydrogens (tertiary/aromatic N) is 1. The van der Waals surface area contributed by atoms with Gasteiger partial charge in [-0.1, -0.05) is 0 Å². The number of pyridine rings is 1. The molecule has 0 aliphatic heterocycles. The Morgan fingerprint density at radius 2 is 2.05 bits per heavy atom. The maximum Gasteiger partial charge on any atom is 0.242 e. The molecular weight excluding hydrogens is 306 g/mol. The van der Waals surface area contributed by atoms with E-state index < -0.39 is 10.0 Å². The maximum atomic E-state index is 12.5. The highest BCUT2D eigenvalue weighted by Crippen LogP contribution is 2.26. The Hall–Kier alpha value is -1.31. The van der Waals surface area contributed by atoms with Crippen molar-refractivity contribution in [3.8, 4) is 0 Å². The largest absolute Gasteiger partial charge is 0.398 e. The molecule has 1 heterocycles. The zero-order valence-corrected chi connectivity index (χ0v) is 13.9. The molecule has 1 aromatic heterocycles. The number of aromatic nitrogens is 1. The van der Waals surface area contributed by atoms with Crippen LogP contribution in [0.5, 0.6) is 0 Å². The lowest BCUT2D eigenvalue weighted by atomic mass is 10.2. The highest BCUT2D eigenvalue weighted by atomic mass is 32.2. The fraction of sp³-hybridized carbons (Fsp3) is 0.357. The quantitative estimate of drug-likeness (QED) is 0.824. The van der Waals surface area contributed by atoms with Gasteiger partial charge in [0, 0.05) is 28.6 Å².